The minimum absolute atomic E-state index is 0.350. The van der Waals surface area contributed by atoms with Gasteiger partial charge in [0.05, 0.1) is 29.4 Å². The van der Waals surface area contributed by atoms with E-state index in [1.807, 2.05) is 0 Å². The highest BCUT2D eigenvalue weighted by Crippen LogP contribution is 2.45. The zero-order valence-corrected chi connectivity index (χ0v) is 19.5. The van der Waals surface area contributed by atoms with E-state index in [-0.39, 0.29) is 5.75 Å². The number of aliphatic hydroxyl groups excluding tert-OH is 4. The lowest BCUT2D eigenvalue weighted by Gasteiger charge is -2.43. The van der Waals surface area contributed by atoms with Crippen molar-refractivity contribution in [3.8, 4) is 0 Å². The number of carbonyl (C=O) groups excluding carboxylic acids is 3. The number of thioether (sulfide) groups is 1. The van der Waals surface area contributed by atoms with Gasteiger partial charge < -0.3 is 75.1 Å². The van der Waals surface area contributed by atoms with Gasteiger partial charge in [-0.3, -0.25) is 4.79 Å². The van der Waals surface area contributed by atoms with Gasteiger partial charge in [0.2, 0.25) is 0 Å². The summed E-state index contributed by atoms with van der Waals surface area (Å²) in [7, 11) is -4.98. The van der Waals surface area contributed by atoms with Gasteiger partial charge in [-0.25, -0.2) is 0 Å². The predicted molar refractivity (Wildman–Crippen MR) is 104 cm³/mol. The van der Waals surface area contributed by atoms with Crippen molar-refractivity contribution in [3.05, 3.63) is 0 Å². The van der Waals surface area contributed by atoms with Gasteiger partial charge in [-0.15, -0.1) is 11.8 Å². The van der Waals surface area contributed by atoms with Gasteiger partial charge in [-0.2, -0.15) is 0 Å². The number of hydrogen-bond acceptors (Lipinski definition) is 14. The van der Waals surface area contributed by atoms with Crippen molar-refractivity contribution >= 4 is 37.2 Å². The van der Waals surface area contributed by atoms with E-state index in [4.69, 9.17) is 9.47 Å². The van der Waals surface area contributed by atoms with Crippen molar-refractivity contribution in [2.75, 3.05) is 12.4 Å². The van der Waals surface area contributed by atoms with Crippen LogP contribution in [0.15, 0.2) is 0 Å². The van der Waals surface area contributed by atoms with Gasteiger partial charge in [0.1, 0.15) is 38.1 Å². The number of quaternary nitrogens is 1. The molecule has 1 amide bonds. The number of carboxylic acid groups (broad SMARTS) is 2. The monoisotopic (exact) mass is 534 g/mol. The molecule has 1 rings (SSSR count). The molecule has 1 aliphatic rings. The second-order valence-electron chi connectivity index (χ2n) is 7.49. The molecule has 0 spiro atoms. The smallest absolute Gasteiger partial charge is 0.279 e. The van der Waals surface area contributed by atoms with E-state index < -0.39 is 92.4 Å². The van der Waals surface area contributed by atoms with Gasteiger partial charge in [0, 0.05) is 12.4 Å². The van der Waals surface area contributed by atoms with Crippen molar-refractivity contribution in [2.45, 2.75) is 67.2 Å². The third-order valence-corrected chi connectivity index (χ3v) is 8.33. The van der Waals surface area contributed by atoms with Crippen LogP contribution in [-0.4, -0.2) is 109 Å². The zero-order valence-electron chi connectivity index (χ0n) is 17.8. The highest BCUT2D eigenvalue weighted by Gasteiger charge is 2.47. The molecule has 0 aromatic rings. The molecule has 9 N–H and O–H groups in total. The van der Waals surface area contributed by atoms with E-state index >= 15 is 0 Å². The molecule has 0 bridgehead atoms. The van der Waals surface area contributed by atoms with Crippen molar-refractivity contribution in [3.63, 3.8) is 0 Å². The molecule has 0 radical (unpaired) electrons. The molecule has 3 unspecified atom stereocenters. The standard InChI is InChI=1S/C16H29N2O14PS/c1-5(20)16(33(28,29)30)34-4-6(17)13(25)18-10-12(24)11(23)8(3-19)32-15(10)31-7(14(26)27)2-9(21)22/h5-8,10-12,15-16,19-20,23-24H,2-4,17H2,1H3,(H,18,25)(H,21,22)(H,26,27)(H2,28,29,30)/p-2/t5?,6-,7-,8+,10+,11+,12+,15-,16?/m0/s1. The van der Waals surface area contributed by atoms with Crippen LogP contribution in [0.4, 0.5) is 0 Å². The average Bonchev–Trinajstić information content (AvgIpc) is 2.70. The summed E-state index contributed by atoms with van der Waals surface area (Å²) >= 11 is 0.498. The molecule has 0 aromatic carbocycles. The first-order valence-electron chi connectivity index (χ1n) is 9.75. The number of rotatable bonds is 13. The first-order valence-corrected chi connectivity index (χ1v) is 12.4. The van der Waals surface area contributed by atoms with Crippen molar-refractivity contribution in [1.29, 1.82) is 0 Å². The number of nitrogens with one attached hydrogen (secondary N) is 1. The quantitative estimate of drug-likeness (QED) is 0.108. The highest BCUT2D eigenvalue weighted by atomic mass is 32.2. The second-order valence-corrected chi connectivity index (χ2v) is 10.7. The van der Waals surface area contributed by atoms with Gasteiger partial charge >= 0.3 is 0 Å². The molecular weight excluding hydrogens is 507 g/mol. The SMILES string of the molecule is CC(O)C(SC[C@H]([NH3+])C(=O)N[C@H]1[C@@H](O[C@@H](CC(=O)[O-])C(=O)[O-])O[C@H](CO)[C@@H](O)[C@@H]1O)P(=O)([O-])O. The van der Waals surface area contributed by atoms with E-state index in [0.717, 1.165) is 6.92 Å². The Bertz CT molecular complexity index is 766. The number of aliphatic carboxylic acids is 2. The molecule has 10 atom stereocenters. The molecule has 1 aliphatic heterocycles. The van der Waals surface area contributed by atoms with Crippen LogP contribution in [0.25, 0.3) is 0 Å². The van der Waals surface area contributed by atoms with E-state index in [1.165, 1.54) is 0 Å². The Balaban J connectivity index is 3.00. The molecule has 1 fully saturated rings. The van der Waals surface area contributed by atoms with Crippen LogP contribution >= 0.6 is 19.4 Å². The minimum atomic E-state index is -4.98. The Hall–Kier alpha value is -1.37. The van der Waals surface area contributed by atoms with Crippen molar-refractivity contribution < 1.29 is 74.6 Å². The summed E-state index contributed by atoms with van der Waals surface area (Å²) in [5.74, 6) is -5.14. The van der Waals surface area contributed by atoms with E-state index in [9.17, 15) is 59.4 Å². The molecular formula is C16H27N2O14PS-2. The number of carbonyl (C=O) groups is 3. The molecule has 16 nitrogen and oxygen atoms in total. The maximum absolute atomic E-state index is 12.5. The molecule has 34 heavy (non-hydrogen) atoms. The lowest BCUT2D eigenvalue weighted by atomic mass is 9.96. The summed E-state index contributed by atoms with van der Waals surface area (Å²) in [6, 6.07) is -2.96. The fourth-order valence-corrected chi connectivity index (χ4v) is 5.35. The van der Waals surface area contributed by atoms with Crippen LogP contribution in [-0.2, 0) is 28.4 Å². The fourth-order valence-electron chi connectivity index (χ4n) is 2.93. The summed E-state index contributed by atoms with van der Waals surface area (Å²) < 4.78 is 21.5. The van der Waals surface area contributed by atoms with E-state index in [2.05, 4.69) is 11.1 Å². The Morgan fingerprint density at radius 1 is 1.26 bits per heavy atom. The van der Waals surface area contributed by atoms with Gasteiger partial charge in [0.25, 0.3) is 5.91 Å². The molecule has 1 saturated heterocycles. The van der Waals surface area contributed by atoms with Gasteiger partial charge in [-0.1, -0.05) is 0 Å². The van der Waals surface area contributed by atoms with Crippen LogP contribution in [0.5, 0.6) is 0 Å². The maximum atomic E-state index is 12.5. The molecule has 0 aromatic heterocycles. The Morgan fingerprint density at radius 3 is 2.29 bits per heavy atom. The lowest BCUT2D eigenvalue weighted by Crippen LogP contribution is -2.73. The topological polar surface area (TPSA) is 297 Å². The molecule has 0 saturated carbocycles. The maximum Gasteiger partial charge on any atom is 0.279 e. The number of amides is 1. The molecule has 1 heterocycles. The average molecular weight is 534 g/mol. The van der Waals surface area contributed by atoms with Crippen LogP contribution in [0.3, 0.4) is 0 Å². The summed E-state index contributed by atoms with van der Waals surface area (Å²) in [5, 5.41) is 63.4. The Morgan fingerprint density at radius 2 is 1.85 bits per heavy atom. The summed E-state index contributed by atoms with van der Waals surface area (Å²) in [6.45, 7) is 0.245. The summed E-state index contributed by atoms with van der Waals surface area (Å²) in [5.41, 5.74) is 3.50. The molecule has 198 valence electrons. The number of aliphatic hydroxyl groups is 4. The molecule has 0 aliphatic carbocycles. The third-order valence-electron chi connectivity index (χ3n) is 4.68. The van der Waals surface area contributed by atoms with Crippen LogP contribution in [0.1, 0.15) is 13.3 Å². The lowest BCUT2D eigenvalue weighted by molar-refractivity contribution is -0.397. The summed E-state index contributed by atoms with van der Waals surface area (Å²) in [4.78, 5) is 53.4. The first-order chi connectivity index (χ1) is 15.6. The highest BCUT2D eigenvalue weighted by molar-refractivity contribution is 8.05. The fraction of sp³-hybridized carbons (Fsp3) is 0.812. The molecule has 18 heteroatoms. The zero-order chi connectivity index (χ0) is 26.4. The van der Waals surface area contributed by atoms with E-state index in [1.54, 1.807) is 0 Å². The van der Waals surface area contributed by atoms with Crippen molar-refractivity contribution in [1.82, 2.24) is 5.32 Å². The Kier molecular flexibility index (Phi) is 11.8. The minimum Gasteiger partial charge on any atom is -0.778 e. The van der Waals surface area contributed by atoms with Gasteiger partial charge in [0.15, 0.2) is 12.3 Å². The van der Waals surface area contributed by atoms with Crippen molar-refractivity contribution in [2.24, 2.45) is 0 Å². The van der Waals surface area contributed by atoms with Crippen LogP contribution < -0.4 is 26.2 Å². The number of carboxylic acids is 2. The van der Waals surface area contributed by atoms with Crippen LogP contribution in [0, 0.1) is 0 Å². The number of hydrogen-bond donors (Lipinski definition) is 7. The first kappa shape index (κ1) is 30.7. The second kappa shape index (κ2) is 13.1. The summed E-state index contributed by atoms with van der Waals surface area (Å²) in [6.07, 6.45) is -11.9. The van der Waals surface area contributed by atoms with E-state index in [0.29, 0.717) is 11.8 Å². The normalized spacial score (nSPS) is 30.4. The third kappa shape index (κ3) is 8.69. The Labute approximate surface area is 197 Å². The number of ether oxygens (including phenoxy) is 2. The van der Waals surface area contributed by atoms with Gasteiger partial charge in [-0.05, 0) is 6.92 Å². The van der Waals surface area contributed by atoms with Crippen LogP contribution in [0.2, 0.25) is 0 Å². The predicted octanol–water partition coefficient (Wildman–Crippen LogP) is -8.22. The largest absolute Gasteiger partial charge is 0.778 e.